The highest BCUT2D eigenvalue weighted by atomic mass is 35.5. The van der Waals surface area contributed by atoms with Gasteiger partial charge in [-0.1, -0.05) is 18.0 Å². The number of aliphatic hydroxyl groups is 1. The van der Waals surface area contributed by atoms with Crippen molar-refractivity contribution in [2.45, 2.75) is 37.8 Å². The third-order valence-corrected chi connectivity index (χ3v) is 4.80. The highest BCUT2D eigenvalue weighted by molar-refractivity contribution is 6.31. The molecule has 0 saturated heterocycles. The van der Waals surface area contributed by atoms with E-state index in [0.29, 0.717) is 23.9 Å². The van der Waals surface area contributed by atoms with Crippen molar-refractivity contribution in [2.24, 2.45) is 0 Å². The van der Waals surface area contributed by atoms with Gasteiger partial charge in [0.15, 0.2) is 0 Å². The highest BCUT2D eigenvalue weighted by Crippen LogP contribution is 2.30. The number of hydrogen-bond donors (Lipinski definition) is 4. The fourth-order valence-electron chi connectivity index (χ4n) is 3.26. The molecule has 0 radical (unpaired) electrons. The molecule has 0 spiro atoms. The molecule has 4 N–H and O–H groups in total. The molecular formula is C18H23ClFN5O. The van der Waals surface area contributed by atoms with Crippen LogP contribution in [0, 0.1) is 5.82 Å². The normalized spacial score (nSPS) is 16.3. The van der Waals surface area contributed by atoms with Crippen LogP contribution >= 0.6 is 11.6 Å². The van der Waals surface area contributed by atoms with Gasteiger partial charge in [0.2, 0.25) is 0 Å². The lowest BCUT2D eigenvalue weighted by Crippen LogP contribution is -2.54. The minimum absolute atomic E-state index is 0.0526. The molecule has 140 valence electrons. The van der Waals surface area contributed by atoms with Crippen LogP contribution in [0.5, 0.6) is 0 Å². The standard InChI is InChI=1S/C18H23ClFN5O/c19-14-10-13(4-5-15(14)20)24-16-11-17(22-12-21-16)25-18(23-8-9-26)6-2-1-3-7-18/h4-5,10-12,23,26H,1-3,6-9H2,(H2,21,22,24,25). The Labute approximate surface area is 157 Å². The molecule has 26 heavy (non-hydrogen) atoms. The smallest absolute Gasteiger partial charge is 0.141 e. The summed E-state index contributed by atoms with van der Waals surface area (Å²) in [6, 6.07) is 6.22. The average Bonchev–Trinajstić information content (AvgIpc) is 2.64. The topological polar surface area (TPSA) is 82.1 Å². The van der Waals surface area contributed by atoms with Gasteiger partial charge >= 0.3 is 0 Å². The van der Waals surface area contributed by atoms with Gasteiger partial charge in [0.05, 0.1) is 17.3 Å². The lowest BCUT2D eigenvalue weighted by Gasteiger charge is -2.39. The van der Waals surface area contributed by atoms with Gasteiger partial charge in [-0.2, -0.15) is 0 Å². The molecule has 0 atom stereocenters. The number of nitrogens with zero attached hydrogens (tertiary/aromatic N) is 2. The Hall–Kier alpha value is -1.96. The third kappa shape index (κ3) is 4.81. The summed E-state index contributed by atoms with van der Waals surface area (Å²) in [7, 11) is 0. The number of aliphatic hydroxyl groups excluding tert-OH is 1. The van der Waals surface area contributed by atoms with E-state index in [-0.39, 0.29) is 17.3 Å². The zero-order valence-corrected chi connectivity index (χ0v) is 15.2. The number of hydrogen-bond acceptors (Lipinski definition) is 6. The second-order valence-corrected chi connectivity index (χ2v) is 6.87. The van der Waals surface area contributed by atoms with Crippen LogP contribution in [0.15, 0.2) is 30.6 Å². The summed E-state index contributed by atoms with van der Waals surface area (Å²) < 4.78 is 13.3. The van der Waals surface area contributed by atoms with Gasteiger partial charge in [0.25, 0.3) is 0 Å². The van der Waals surface area contributed by atoms with E-state index in [9.17, 15) is 4.39 Å². The van der Waals surface area contributed by atoms with Crippen LogP contribution in [0.2, 0.25) is 5.02 Å². The van der Waals surface area contributed by atoms with Gasteiger partial charge in [0, 0.05) is 18.3 Å². The van der Waals surface area contributed by atoms with Crippen molar-refractivity contribution in [3.63, 3.8) is 0 Å². The summed E-state index contributed by atoms with van der Waals surface area (Å²) in [5.74, 6) is 0.804. The van der Waals surface area contributed by atoms with E-state index in [1.54, 1.807) is 12.1 Å². The molecule has 3 rings (SSSR count). The Kier molecular flexibility index (Phi) is 6.24. The minimum atomic E-state index is -0.462. The van der Waals surface area contributed by atoms with Crippen LogP contribution in [0.4, 0.5) is 21.7 Å². The Balaban J connectivity index is 1.74. The van der Waals surface area contributed by atoms with Crippen molar-refractivity contribution in [2.75, 3.05) is 23.8 Å². The first kappa shape index (κ1) is 18.8. The first-order chi connectivity index (χ1) is 12.6. The van der Waals surface area contributed by atoms with Gasteiger partial charge in [0.1, 0.15) is 23.8 Å². The lowest BCUT2D eigenvalue weighted by molar-refractivity contribution is 0.225. The van der Waals surface area contributed by atoms with Gasteiger partial charge in [-0.15, -0.1) is 0 Å². The van der Waals surface area contributed by atoms with Crippen LogP contribution in [0.3, 0.4) is 0 Å². The number of benzene rings is 1. The maximum Gasteiger partial charge on any atom is 0.141 e. The van der Waals surface area contributed by atoms with Crippen LogP contribution in [0.25, 0.3) is 0 Å². The van der Waals surface area contributed by atoms with Gasteiger partial charge in [-0.05, 0) is 43.9 Å². The number of halogens is 2. The molecule has 1 aliphatic rings. The molecule has 0 unspecified atom stereocenters. The molecule has 0 aliphatic heterocycles. The minimum Gasteiger partial charge on any atom is -0.395 e. The van der Waals surface area contributed by atoms with Crippen molar-refractivity contribution in [3.05, 3.63) is 41.4 Å². The second-order valence-electron chi connectivity index (χ2n) is 6.46. The molecular weight excluding hydrogens is 357 g/mol. The Morgan fingerprint density at radius 3 is 2.62 bits per heavy atom. The van der Waals surface area contributed by atoms with Crippen LogP contribution in [-0.4, -0.2) is 33.9 Å². The van der Waals surface area contributed by atoms with Crippen molar-refractivity contribution >= 4 is 28.9 Å². The second kappa shape index (κ2) is 8.62. The first-order valence-electron chi connectivity index (χ1n) is 8.78. The van der Waals surface area contributed by atoms with E-state index in [2.05, 4.69) is 25.9 Å². The van der Waals surface area contributed by atoms with Crippen molar-refractivity contribution in [1.29, 1.82) is 0 Å². The molecule has 1 saturated carbocycles. The largest absolute Gasteiger partial charge is 0.395 e. The predicted molar refractivity (Wildman–Crippen MR) is 101 cm³/mol. The summed E-state index contributed by atoms with van der Waals surface area (Å²) in [5, 5.41) is 19.2. The maximum atomic E-state index is 13.3. The Morgan fingerprint density at radius 1 is 1.12 bits per heavy atom. The monoisotopic (exact) mass is 379 g/mol. The van der Waals surface area contributed by atoms with E-state index >= 15 is 0 Å². The zero-order chi connectivity index (χ0) is 18.4. The maximum absolute atomic E-state index is 13.3. The Bertz CT molecular complexity index is 739. The van der Waals surface area contributed by atoms with Crippen molar-refractivity contribution < 1.29 is 9.50 Å². The summed E-state index contributed by atoms with van der Waals surface area (Å²) >= 11 is 5.82. The third-order valence-electron chi connectivity index (χ3n) is 4.51. The summed E-state index contributed by atoms with van der Waals surface area (Å²) in [4.78, 5) is 8.51. The molecule has 6 nitrogen and oxygen atoms in total. The number of aromatic nitrogens is 2. The molecule has 1 aromatic heterocycles. The van der Waals surface area contributed by atoms with Crippen molar-refractivity contribution in [3.8, 4) is 0 Å². The molecule has 2 aromatic rings. The molecule has 1 aromatic carbocycles. The van der Waals surface area contributed by atoms with Crippen molar-refractivity contribution in [1.82, 2.24) is 15.3 Å². The number of nitrogens with one attached hydrogen (secondary N) is 3. The SMILES string of the molecule is OCCNC1(Nc2cc(Nc3ccc(F)c(Cl)c3)ncn2)CCCCC1. The fraction of sp³-hybridized carbons (Fsp3) is 0.444. The van der Waals surface area contributed by atoms with E-state index < -0.39 is 5.82 Å². The first-order valence-corrected chi connectivity index (χ1v) is 9.16. The van der Waals surface area contributed by atoms with Gasteiger partial charge < -0.3 is 15.7 Å². The van der Waals surface area contributed by atoms with E-state index in [0.717, 1.165) is 25.7 Å². The van der Waals surface area contributed by atoms with Gasteiger partial charge in [-0.25, -0.2) is 14.4 Å². The number of anilines is 3. The average molecular weight is 380 g/mol. The summed E-state index contributed by atoms with van der Waals surface area (Å²) in [6.45, 7) is 0.614. The summed E-state index contributed by atoms with van der Waals surface area (Å²) in [5.41, 5.74) is 0.373. The van der Waals surface area contributed by atoms with E-state index in [1.807, 2.05) is 0 Å². The quantitative estimate of drug-likeness (QED) is 0.549. The molecule has 0 bridgehead atoms. The molecule has 1 heterocycles. The lowest BCUT2D eigenvalue weighted by atomic mass is 9.88. The fourth-order valence-corrected chi connectivity index (χ4v) is 3.44. The highest BCUT2D eigenvalue weighted by Gasteiger charge is 2.31. The van der Waals surface area contributed by atoms with E-state index in [1.165, 1.54) is 24.9 Å². The molecule has 1 aliphatic carbocycles. The van der Waals surface area contributed by atoms with Crippen LogP contribution in [0.1, 0.15) is 32.1 Å². The predicted octanol–water partition coefficient (Wildman–Crippen LogP) is 3.67. The molecule has 0 amide bonds. The molecule has 8 heteroatoms. The van der Waals surface area contributed by atoms with E-state index in [4.69, 9.17) is 16.7 Å². The number of rotatable bonds is 7. The van der Waals surface area contributed by atoms with Gasteiger partial charge in [-0.3, -0.25) is 5.32 Å². The summed E-state index contributed by atoms with van der Waals surface area (Å²) in [6.07, 6.45) is 6.86. The van der Waals surface area contributed by atoms with Crippen LogP contribution in [-0.2, 0) is 0 Å². The zero-order valence-electron chi connectivity index (χ0n) is 14.4. The Morgan fingerprint density at radius 2 is 1.88 bits per heavy atom. The van der Waals surface area contributed by atoms with Crippen LogP contribution < -0.4 is 16.0 Å². The molecule has 1 fully saturated rings.